The third kappa shape index (κ3) is 1.22. The lowest BCUT2D eigenvalue weighted by molar-refractivity contribution is 1.30. The van der Waals surface area contributed by atoms with Crippen LogP contribution in [0.4, 0.5) is 11.4 Å². The number of anilines is 2. The quantitative estimate of drug-likeness (QED) is 0.610. The Hall–Kier alpha value is -1.76. The summed E-state index contributed by atoms with van der Waals surface area (Å²) >= 11 is 0. The van der Waals surface area contributed by atoms with Gasteiger partial charge in [0.05, 0.1) is 23.8 Å². The molecule has 0 atom stereocenters. The minimum atomic E-state index is 0.402. The first-order valence-corrected chi connectivity index (χ1v) is 3.11. The van der Waals surface area contributed by atoms with Gasteiger partial charge in [-0.05, 0) is 0 Å². The molecule has 0 aliphatic carbocycles. The molecule has 1 aromatic rings. The SMILES string of the molecule is CNc1cncc(N)c1C#N. The van der Waals surface area contributed by atoms with Gasteiger partial charge in [0.15, 0.2) is 0 Å². The Bertz CT molecular complexity index is 300. The smallest absolute Gasteiger partial charge is 0.104 e. The summed E-state index contributed by atoms with van der Waals surface area (Å²) in [5.74, 6) is 0. The number of nitrogen functional groups attached to an aromatic ring is 1. The van der Waals surface area contributed by atoms with Crippen molar-refractivity contribution in [2.24, 2.45) is 0 Å². The van der Waals surface area contributed by atoms with Gasteiger partial charge in [-0.15, -0.1) is 0 Å². The minimum absolute atomic E-state index is 0.402. The highest BCUT2D eigenvalue weighted by Crippen LogP contribution is 2.17. The van der Waals surface area contributed by atoms with Gasteiger partial charge in [-0.1, -0.05) is 0 Å². The van der Waals surface area contributed by atoms with Crippen molar-refractivity contribution in [1.29, 1.82) is 5.26 Å². The maximum atomic E-state index is 8.63. The summed E-state index contributed by atoms with van der Waals surface area (Å²) in [5.41, 5.74) is 6.99. The van der Waals surface area contributed by atoms with Crippen LogP contribution in [0.25, 0.3) is 0 Å². The number of rotatable bonds is 1. The molecule has 0 aliphatic heterocycles. The number of pyridine rings is 1. The number of nitrogens with zero attached hydrogens (tertiary/aromatic N) is 2. The maximum Gasteiger partial charge on any atom is 0.104 e. The van der Waals surface area contributed by atoms with Crippen molar-refractivity contribution in [1.82, 2.24) is 4.98 Å². The van der Waals surface area contributed by atoms with Gasteiger partial charge >= 0.3 is 0 Å². The first-order chi connectivity index (χ1) is 5.29. The number of aromatic nitrogens is 1. The molecule has 0 aromatic carbocycles. The molecule has 0 aliphatic rings. The molecular weight excluding hydrogens is 140 g/mol. The Morgan fingerprint density at radius 3 is 2.82 bits per heavy atom. The summed E-state index contributed by atoms with van der Waals surface area (Å²) in [7, 11) is 1.72. The number of hydrogen-bond acceptors (Lipinski definition) is 4. The van der Waals surface area contributed by atoms with Crippen molar-refractivity contribution in [2.75, 3.05) is 18.1 Å². The fourth-order valence-corrected chi connectivity index (χ4v) is 0.791. The summed E-state index contributed by atoms with van der Waals surface area (Å²) in [6, 6.07) is 1.99. The molecule has 1 rings (SSSR count). The lowest BCUT2D eigenvalue weighted by Crippen LogP contribution is -1.98. The first-order valence-electron chi connectivity index (χ1n) is 3.11. The van der Waals surface area contributed by atoms with Gasteiger partial charge < -0.3 is 11.1 Å². The van der Waals surface area contributed by atoms with Crippen LogP contribution in [-0.2, 0) is 0 Å². The van der Waals surface area contributed by atoms with Gasteiger partial charge in [-0.25, -0.2) is 0 Å². The second-order valence-electron chi connectivity index (χ2n) is 2.01. The van der Waals surface area contributed by atoms with E-state index in [4.69, 9.17) is 11.0 Å². The molecule has 0 bridgehead atoms. The Morgan fingerprint density at radius 2 is 2.36 bits per heavy atom. The average Bonchev–Trinajstić information content (AvgIpc) is 2.04. The normalized spacial score (nSPS) is 8.73. The third-order valence-electron chi connectivity index (χ3n) is 1.36. The topological polar surface area (TPSA) is 74.7 Å². The first kappa shape index (κ1) is 7.35. The average molecular weight is 148 g/mol. The Morgan fingerprint density at radius 1 is 1.64 bits per heavy atom. The van der Waals surface area contributed by atoms with Crippen molar-refractivity contribution in [2.45, 2.75) is 0 Å². The van der Waals surface area contributed by atoms with E-state index in [2.05, 4.69) is 10.3 Å². The molecule has 56 valence electrons. The molecule has 4 nitrogen and oxygen atoms in total. The van der Waals surface area contributed by atoms with Crippen LogP contribution in [0.15, 0.2) is 12.4 Å². The zero-order valence-corrected chi connectivity index (χ0v) is 6.13. The summed E-state index contributed by atoms with van der Waals surface area (Å²) in [5, 5.41) is 11.5. The summed E-state index contributed by atoms with van der Waals surface area (Å²) in [6.07, 6.45) is 3.02. The van der Waals surface area contributed by atoms with Crippen LogP contribution in [0, 0.1) is 11.3 Å². The van der Waals surface area contributed by atoms with Gasteiger partial charge in [-0.3, -0.25) is 4.98 Å². The number of nitriles is 1. The van der Waals surface area contributed by atoms with Crippen LogP contribution in [-0.4, -0.2) is 12.0 Å². The highest BCUT2D eigenvalue weighted by Gasteiger charge is 2.02. The van der Waals surface area contributed by atoms with E-state index in [9.17, 15) is 0 Å². The van der Waals surface area contributed by atoms with E-state index in [1.165, 1.54) is 6.20 Å². The van der Waals surface area contributed by atoms with Gasteiger partial charge in [0.2, 0.25) is 0 Å². The van der Waals surface area contributed by atoms with Crippen LogP contribution in [0.2, 0.25) is 0 Å². The van der Waals surface area contributed by atoms with E-state index < -0.39 is 0 Å². The van der Waals surface area contributed by atoms with Gasteiger partial charge in [0.1, 0.15) is 11.6 Å². The van der Waals surface area contributed by atoms with Crippen LogP contribution < -0.4 is 11.1 Å². The highest BCUT2D eigenvalue weighted by atomic mass is 14.9. The van der Waals surface area contributed by atoms with E-state index >= 15 is 0 Å². The molecule has 4 heteroatoms. The van der Waals surface area contributed by atoms with E-state index in [1.807, 2.05) is 6.07 Å². The Labute approximate surface area is 64.7 Å². The molecule has 1 aromatic heterocycles. The second-order valence-corrected chi connectivity index (χ2v) is 2.01. The van der Waals surface area contributed by atoms with E-state index in [1.54, 1.807) is 13.2 Å². The zero-order valence-electron chi connectivity index (χ0n) is 6.13. The Kier molecular flexibility index (Phi) is 1.93. The van der Waals surface area contributed by atoms with Gasteiger partial charge in [0.25, 0.3) is 0 Å². The molecule has 11 heavy (non-hydrogen) atoms. The fourth-order valence-electron chi connectivity index (χ4n) is 0.791. The zero-order chi connectivity index (χ0) is 8.27. The summed E-state index contributed by atoms with van der Waals surface area (Å²) in [4.78, 5) is 3.83. The van der Waals surface area contributed by atoms with Crippen molar-refractivity contribution in [3.05, 3.63) is 18.0 Å². The van der Waals surface area contributed by atoms with Crippen molar-refractivity contribution >= 4 is 11.4 Å². The van der Waals surface area contributed by atoms with Crippen molar-refractivity contribution in [3.63, 3.8) is 0 Å². The second kappa shape index (κ2) is 2.88. The predicted molar refractivity (Wildman–Crippen MR) is 42.9 cm³/mol. The molecule has 3 N–H and O–H groups in total. The van der Waals surface area contributed by atoms with Crippen LogP contribution in [0.3, 0.4) is 0 Å². The van der Waals surface area contributed by atoms with Crippen LogP contribution >= 0.6 is 0 Å². The summed E-state index contributed by atoms with van der Waals surface area (Å²) in [6.45, 7) is 0. The van der Waals surface area contributed by atoms with E-state index in [0.29, 0.717) is 16.9 Å². The largest absolute Gasteiger partial charge is 0.396 e. The molecule has 0 spiro atoms. The van der Waals surface area contributed by atoms with Crippen molar-refractivity contribution in [3.8, 4) is 6.07 Å². The molecular formula is C7H8N4. The number of nitrogens with two attached hydrogens (primary N) is 1. The maximum absolute atomic E-state index is 8.63. The monoisotopic (exact) mass is 148 g/mol. The van der Waals surface area contributed by atoms with E-state index in [-0.39, 0.29) is 0 Å². The third-order valence-corrected chi connectivity index (χ3v) is 1.36. The summed E-state index contributed by atoms with van der Waals surface area (Å²) < 4.78 is 0. The fraction of sp³-hybridized carbons (Fsp3) is 0.143. The van der Waals surface area contributed by atoms with Gasteiger partial charge in [0, 0.05) is 7.05 Å². The number of hydrogen-bond donors (Lipinski definition) is 2. The molecule has 0 radical (unpaired) electrons. The predicted octanol–water partition coefficient (Wildman–Crippen LogP) is 0.577. The molecule has 0 fully saturated rings. The Balaban J connectivity index is 3.27. The minimum Gasteiger partial charge on any atom is -0.396 e. The number of nitrogens with one attached hydrogen (secondary N) is 1. The standard InChI is InChI=1S/C7H8N4/c1-10-7-4-11-3-6(9)5(7)2-8/h3-4,10H,9H2,1H3. The molecule has 1 heterocycles. The molecule has 0 saturated heterocycles. The lowest BCUT2D eigenvalue weighted by Gasteiger charge is -2.02. The molecule has 0 amide bonds. The van der Waals surface area contributed by atoms with Gasteiger partial charge in [-0.2, -0.15) is 5.26 Å². The molecule has 0 unspecified atom stereocenters. The van der Waals surface area contributed by atoms with Crippen LogP contribution in [0.5, 0.6) is 0 Å². The van der Waals surface area contributed by atoms with Crippen LogP contribution in [0.1, 0.15) is 5.56 Å². The molecule has 0 saturated carbocycles. The highest BCUT2D eigenvalue weighted by molar-refractivity contribution is 5.67. The van der Waals surface area contributed by atoms with Crippen molar-refractivity contribution < 1.29 is 0 Å². The van der Waals surface area contributed by atoms with E-state index in [0.717, 1.165) is 0 Å². The lowest BCUT2D eigenvalue weighted by atomic mass is 10.2.